The summed E-state index contributed by atoms with van der Waals surface area (Å²) in [5, 5.41) is 4.32. The second kappa shape index (κ2) is 12.8. The molecule has 5 rings (SSSR count). The minimum atomic E-state index is -1.09. The number of aromatic nitrogens is 4. The Balaban J connectivity index is 1.21. The fourth-order valence-corrected chi connectivity index (χ4v) is 5.00. The van der Waals surface area contributed by atoms with Gasteiger partial charge < -0.3 is 14.4 Å². The standard InChI is InChI=1S/C30H34N6O4/c1-38-22-30(39-2,40-34-29(37)24-8-4-3-5-9-24)21-23-13-18-35(19-14-23)27-12-16-31-28(33-27)25-10-6-11-26(20-25)36-17-7-15-32-36/h3-12,15-17,20,23H,13-14,18-19,21-22H2,1-2H3,(H,34,37). The molecule has 0 saturated carbocycles. The lowest BCUT2D eigenvalue weighted by molar-refractivity contribution is -0.275. The zero-order chi connectivity index (χ0) is 27.8. The number of hydrogen-bond acceptors (Lipinski definition) is 8. The van der Waals surface area contributed by atoms with Gasteiger partial charge in [0.15, 0.2) is 5.82 Å². The van der Waals surface area contributed by atoms with E-state index in [4.69, 9.17) is 19.3 Å². The van der Waals surface area contributed by atoms with Crippen LogP contribution in [0.15, 0.2) is 85.3 Å². The number of amides is 1. The van der Waals surface area contributed by atoms with Gasteiger partial charge in [0.1, 0.15) is 12.4 Å². The number of ether oxygens (including phenoxy) is 2. The molecule has 1 aliphatic rings. The van der Waals surface area contributed by atoms with E-state index in [9.17, 15) is 4.79 Å². The molecule has 0 spiro atoms. The Kier molecular flexibility index (Phi) is 8.80. The number of carbonyl (C=O) groups is 1. The van der Waals surface area contributed by atoms with Crippen LogP contribution < -0.4 is 10.4 Å². The molecule has 1 fully saturated rings. The maximum Gasteiger partial charge on any atom is 0.274 e. The Morgan fingerprint density at radius 1 is 1.02 bits per heavy atom. The smallest absolute Gasteiger partial charge is 0.274 e. The summed E-state index contributed by atoms with van der Waals surface area (Å²) in [5.74, 6) is 0.465. The van der Waals surface area contributed by atoms with Crippen LogP contribution in [0.2, 0.25) is 0 Å². The number of hydrogen-bond donors (Lipinski definition) is 1. The molecule has 1 unspecified atom stereocenters. The molecule has 0 radical (unpaired) electrons. The van der Waals surface area contributed by atoms with Crippen LogP contribution in [-0.4, -0.2) is 65.4 Å². The zero-order valence-corrected chi connectivity index (χ0v) is 22.8. The summed E-state index contributed by atoms with van der Waals surface area (Å²) < 4.78 is 13.0. The predicted molar refractivity (Wildman–Crippen MR) is 151 cm³/mol. The van der Waals surface area contributed by atoms with Gasteiger partial charge in [0.05, 0.1) is 5.69 Å². The average molecular weight is 543 g/mol. The van der Waals surface area contributed by atoms with E-state index in [0.29, 0.717) is 23.7 Å². The number of rotatable bonds is 11. The maximum absolute atomic E-state index is 12.6. The van der Waals surface area contributed by atoms with Crippen LogP contribution in [0, 0.1) is 5.92 Å². The minimum absolute atomic E-state index is 0.186. The van der Waals surface area contributed by atoms with E-state index in [1.54, 1.807) is 44.7 Å². The minimum Gasteiger partial charge on any atom is -0.379 e. The summed E-state index contributed by atoms with van der Waals surface area (Å²) in [6, 6.07) is 20.8. The van der Waals surface area contributed by atoms with Crippen molar-refractivity contribution in [1.29, 1.82) is 0 Å². The number of piperidine rings is 1. The van der Waals surface area contributed by atoms with E-state index in [-0.39, 0.29) is 12.5 Å². The summed E-state index contributed by atoms with van der Waals surface area (Å²) in [5.41, 5.74) is 4.96. The van der Waals surface area contributed by atoms with Crippen LogP contribution in [-0.2, 0) is 14.3 Å². The van der Waals surface area contributed by atoms with Gasteiger partial charge >= 0.3 is 0 Å². The van der Waals surface area contributed by atoms with E-state index in [2.05, 4.69) is 20.5 Å². The SMILES string of the molecule is COCC(CC1CCN(c2ccnc(-c3cccc(-n4cccn4)c3)n2)CC1)(OC)ONC(=O)c1ccccc1. The van der Waals surface area contributed by atoms with E-state index in [0.717, 1.165) is 43.0 Å². The van der Waals surface area contributed by atoms with Crippen LogP contribution >= 0.6 is 0 Å². The summed E-state index contributed by atoms with van der Waals surface area (Å²) in [7, 11) is 3.17. The van der Waals surface area contributed by atoms with Crippen molar-refractivity contribution >= 4 is 11.7 Å². The van der Waals surface area contributed by atoms with Crippen molar-refractivity contribution in [2.75, 3.05) is 38.8 Å². The fraction of sp³-hybridized carbons (Fsp3) is 0.333. The molecule has 40 heavy (non-hydrogen) atoms. The molecule has 1 aliphatic heterocycles. The summed E-state index contributed by atoms with van der Waals surface area (Å²) in [6.07, 6.45) is 7.88. The number of anilines is 1. The van der Waals surface area contributed by atoms with E-state index in [1.165, 1.54) is 0 Å². The predicted octanol–water partition coefficient (Wildman–Crippen LogP) is 4.29. The van der Waals surface area contributed by atoms with E-state index in [1.807, 2.05) is 59.5 Å². The zero-order valence-electron chi connectivity index (χ0n) is 22.8. The largest absolute Gasteiger partial charge is 0.379 e. The molecular formula is C30H34N6O4. The first-order valence-corrected chi connectivity index (χ1v) is 13.3. The van der Waals surface area contributed by atoms with Gasteiger partial charge in [-0.05, 0) is 55.2 Å². The third kappa shape index (κ3) is 6.53. The highest BCUT2D eigenvalue weighted by Gasteiger charge is 2.37. The van der Waals surface area contributed by atoms with Crippen molar-refractivity contribution in [3.8, 4) is 17.1 Å². The molecule has 2 aromatic carbocycles. The molecule has 0 bridgehead atoms. The highest BCUT2D eigenvalue weighted by molar-refractivity contribution is 5.93. The maximum atomic E-state index is 12.6. The van der Waals surface area contributed by atoms with Gasteiger partial charge in [-0.3, -0.25) is 4.79 Å². The van der Waals surface area contributed by atoms with E-state index >= 15 is 0 Å². The van der Waals surface area contributed by atoms with Crippen LogP contribution in [0.25, 0.3) is 17.1 Å². The van der Waals surface area contributed by atoms with Gasteiger partial charge in [0, 0.05) is 63.4 Å². The molecule has 1 N–H and O–H groups in total. The highest BCUT2D eigenvalue weighted by atomic mass is 16.8. The van der Waals surface area contributed by atoms with Crippen molar-refractivity contribution < 1.29 is 19.1 Å². The molecular weight excluding hydrogens is 508 g/mol. The van der Waals surface area contributed by atoms with Crippen molar-refractivity contribution in [2.45, 2.75) is 25.0 Å². The van der Waals surface area contributed by atoms with E-state index < -0.39 is 5.79 Å². The third-order valence-electron chi connectivity index (χ3n) is 7.15. The normalized spacial score (nSPS) is 15.5. The molecule has 3 heterocycles. The molecule has 10 heteroatoms. The topological polar surface area (TPSA) is 104 Å². The molecule has 0 aliphatic carbocycles. The first kappa shape index (κ1) is 27.4. The van der Waals surface area contributed by atoms with Gasteiger partial charge in [0.2, 0.25) is 5.79 Å². The Morgan fingerprint density at radius 2 is 1.85 bits per heavy atom. The van der Waals surface area contributed by atoms with Crippen LogP contribution in [0.5, 0.6) is 0 Å². The van der Waals surface area contributed by atoms with Crippen molar-refractivity contribution in [3.63, 3.8) is 0 Å². The van der Waals surface area contributed by atoms with Gasteiger partial charge in [0.25, 0.3) is 5.91 Å². The Morgan fingerprint density at radius 3 is 2.58 bits per heavy atom. The fourth-order valence-electron chi connectivity index (χ4n) is 5.00. The Hall–Kier alpha value is -4.12. The number of hydroxylamine groups is 1. The number of nitrogens with zero attached hydrogens (tertiary/aromatic N) is 5. The van der Waals surface area contributed by atoms with Crippen molar-refractivity contribution in [2.24, 2.45) is 5.92 Å². The first-order valence-electron chi connectivity index (χ1n) is 13.3. The lowest BCUT2D eigenvalue weighted by atomic mass is 9.89. The summed E-state index contributed by atoms with van der Waals surface area (Å²) >= 11 is 0. The van der Waals surface area contributed by atoms with Crippen molar-refractivity contribution in [1.82, 2.24) is 25.2 Å². The summed E-state index contributed by atoms with van der Waals surface area (Å²) in [6.45, 7) is 1.85. The number of methoxy groups -OCH3 is 2. The molecule has 4 aromatic rings. The first-order chi connectivity index (χ1) is 19.6. The van der Waals surface area contributed by atoms with Crippen LogP contribution in [0.3, 0.4) is 0 Å². The lowest BCUT2D eigenvalue weighted by Crippen LogP contribution is -2.48. The Bertz CT molecular complexity index is 1380. The van der Waals surface area contributed by atoms with Crippen molar-refractivity contribution in [3.05, 3.63) is 90.9 Å². The van der Waals surface area contributed by atoms with Crippen LogP contribution in [0.4, 0.5) is 5.82 Å². The molecule has 1 atom stereocenters. The number of carbonyl (C=O) groups excluding carboxylic acids is 1. The Labute approximate surface area is 233 Å². The highest BCUT2D eigenvalue weighted by Crippen LogP contribution is 2.31. The number of benzene rings is 2. The molecule has 208 valence electrons. The average Bonchev–Trinajstić information content (AvgIpc) is 3.56. The van der Waals surface area contributed by atoms with Gasteiger partial charge in [-0.1, -0.05) is 30.3 Å². The molecule has 10 nitrogen and oxygen atoms in total. The molecule has 1 amide bonds. The lowest BCUT2D eigenvalue weighted by Gasteiger charge is -2.38. The third-order valence-corrected chi connectivity index (χ3v) is 7.15. The number of nitrogens with one attached hydrogen (secondary N) is 1. The summed E-state index contributed by atoms with van der Waals surface area (Å²) in [4.78, 5) is 30.1. The van der Waals surface area contributed by atoms with Gasteiger partial charge in [-0.2, -0.15) is 5.10 Å². The molecule has 2 aromatic heterocycles. The molecule has 1 saturated heterocycles. The monoisotopic (exact) mass is 542 g/mol. The quantitative estimate of drug-likeness (QED) is 0.221. The second-order valence-corrected chi connectivity index (χ2v) is 9.82. The van der Waals surface area contributed by atoms with Crippen LogP contribution in [0.1, 0.15) is 29.6 Å². The van der Waals surface area contributed by atoms with Gasteiger partial charge in [-0.25, -0.2) is 25.0 Å². The van der Waals surface area contributed by atoms with Gasteiger partial charge in [-0.15, -0.1) is 0 Å². The second-order valence-electron chi connectivity index (χ2n) is 9.82.